The van der Waals surface area contributed by atoms with Crippen molar-refractivity contribution in [3.05, 3.63) is 46.5 Å². The standard InChI is InChI=1S/C21H32N6.HI/c1-16-13-17(2)15-18(14-16)8-10-23-21(22-3)24-11-9-20-26-25-19-7-5-4-6-12-27(19)20;/h13-15H,4-12H2,1-3H3,(H2,22,23,24);1H. The van der Waals surface area contributed by atoms with Crippen molar-refractivity contribution >= 4 is 29.9 Å². The van der Waals surface area contributed by atoms with E-state index in [4.69, 9.17) is 0 Å². The molecule has 28 heavy (non-hydrogen) atoms. The van der Waals surface area contributed by atoms with Crippen molar-refractivity contribution in [1.82, 2.24) is 25.4 Å². The summed E-state index contributed by atoms with van der Waals surface area (Å²) in [5.74, 6) is 3.08. The number of fused-ring (bicyclic) bond motifs is 1. The Bertz CT molecular complexity index is 763. The van der Waals surface area contributed by atoms with E-state index in [9.17, 15) is 0 Å². The molecule has 0 amide bonds. The molecule has 7 heteroatoms. The predicted molar refractivity (Wildman–Crippen MR) is 126 cm³/mol. The van der Waals surface area contributed by atoms with Crippen molar-refractivity contribution in [1.29, 1.82) is 0 Å². The van der Waals surface area contributed by atoms with E-state index in [1.807, 2.05) is 7.05 Å². The van der Waals surface area contributed by atoms with E-state index in [0.717, 1.165) is 56.5 Å². The second-order valence-corrected chi connectivity index (χ2v) is 7.42. The number of benzene rings is 1. The molecule has 3 rings (SSSR count). The molecular formula is C21H33IN6. The van der Waals surface area contributed by atoms with Crippen LogP contribution < -0.4 is 10.6 Å². The third kappa shape index (κ3) is 6.46. The number of aliphatic imine (C=N–C) groups is 1. The highest BCUT2D eigenvalue weighted by Crippen LogP contribution is 2.14. The van der Waals surface area contributed by atoms with Gasteiger partial charge in [0.2, 0.25) is 0 Å². The van der Waals surface area contributed by atoms with Gasteiger partial charge in [0.25, 0.3) is 0 Å². The summed E-state index contributed by atoms with van der Waals surface area (Å²) in [5, 5.41) is 15.6. The minimum absolute atomic E-state index is 0. The summed E-state index contributed by atoms with van der Waals surface area (Å²) < 4.78 is 2.31. The van der Waals surface area contributed by atoms with Gasteiger partial charge < -0.3 is 15.2 Å². The molecule has 1 aromatic heterocycles. The van der Waals surface area contributed by atoms with Crippen LogP contribution in [-0.4, -0.2) is 40.9 Å². The van der Waals surface area contributed by atoms with E-state index in [-0.39, 0.29) is 24.0 Å². The lowest BCUT2D eigenvalue weighted by atomic mass is 10.1. The molecule has 1 aromatic carbocycles. The SMILES string of the molecule is CN=C(NCCc1cc(C)cc(C)c1)NCCc1nnc2n1CCCCC2.I. The summed E-state index contributed by atoms with van der Waals surface area (Å²) in [6.07, 6.45) is 6.66. The Morgan fingerprint density at radius 3 is 2.43 bits per heavy atom. The molecule has 0 bridgehead atoms. The predicted octanol–water partition coefficient (Wildman–Crippen LogP) is 3.19. The fourth-order valence-corrected chi connectivity index (χ4v) is 3.78. The molecule has 1 aliphatic heterocycles. The second kappa shape index (κ2) is 11.4. The van der Waals surface area contributed by atoms with Gasteiger partial charge in [-0.3, -0.25) is 4.99 Å². The largest absolute Gasteiger partial charge is 0.356 e. The zero-order valence-corrected chi connectivity index (χ0v) is 19.6. The van der Waals surface area contributed by atoms with Crippen LogP contribution in [0.15, 0.2) is 23.2 Å². The third-order valence-corrected chi connectivity index (χ3v) is 5.04. The maximum absolute atomic E-state index is 4.39. The van der Waals surface area contributed by atoms with E-state index in [2.05, 4.69) is 62.4 Å². The summed E-state index contributed by atoms with van der Waals surface area (Å²) in [5.41, 5.74) is 4.00. The first-order valence-electron chi connectivity index (χ1n) is 10.1. The van der Waals surface area contributed by atoms with Crippen molar-refractivity contribution in [2.45, 2.75) is 58.9 Å². The summed E-state index contributed by atoms with van der Waals surface area (Å²) in [7, 11) is 1.81. The van der Waals surface area contributed by atoms with Gasteiger partial charge in [-0.2, -0.15) is 0 Å². The van der Waals surface area contributed by atoms with Gasteiger partial charge in [-0.1, -0.05) is 35.7 Å². The molecule has 154 valence electrons. The molecule has 0 radical (unpaired) electrons. The van der Waals surface area contributed by atoms with Gasteiger partial charge in [0.15, 0.2) is 5.96 Å². The van der Waals surface area contributed by atoms with Crippen molar-refractivity contribution in [3.8, 4) is 0 Å². The lowest BCUT2D eigenvalue weighted by Gasteiger charge is -2.13. The van der Waals surface area contributed by atoms with Crippen LogP contribution in [0.4, 0.5) is 0 Å². The topological polar surface area (TPSA) is 67.1 Å². The molecule has 6 nitrogen and oxygen atoms in total. The van der Waals surface area contributed by atoms with Gasteiger partial charge >= 0.3 is 0 Å². The van der Waals surface area contributed by atoms with Crippen LogP contribution in [0.2, 0.25) is 0 Å². The average molecular weight is 496 g/mol. The van der Waals surface area contributed by atoms with E-state index in [1.165, 1.54) is 36.0 Å². The quantitative estimate of drug-likeness (QED) is 0.366. The average Bonchev–Trinajstić information content (AvgIpc) is 2.86. The third-order valence-electron chi connectivity index (χ3n) is 5.04. The fraction of sp³-hybridized carbons (Fsp3) is 0.571. The Morgan fingerprint density at radius 2 is 1.71 bits per heavy atom. The van der Waals surface area contributed by atoms with Gasteiger partial charge in [0, 0.05) is 39.5 Å². The van der Waals surface area contributed by atoms with E-state index in [1.54, 1.807) is 0 Å². The van der Waals surface area contributed by atoms with Crippen LogP contribution >= 0.6 is 24.0 Å². The Hall–Kier alpha value is -1.64. The molecule has 0 aliphatic carbocycles. The molecule has 1 aliphatic rings. The minimum Gasteiger partial charge on any atom is -0.356 e. The van der Waals surface area contributed by atoms with Gasteiger partial charge in [0.1, 0.15) is 11.6 Å². The number of nitrogens with one attached hydrogen (secondary N) is 2. The van der Waals surface area contributed by atoms with Gasteiger partial charge in [-0.05, 0) is 38.7 Å². The number of halogens is 1. The molecule has 0 unspecified atom stereocenters. The Kier molecular flexibility index (Phi) is 9.21. The molecule has 0 saturated heterocycles. The number of rotatable bonds is 6. The van der Waals surface area contributed by atoms with E-state index < -0.39 is 0 Å². The fourth-order valence-electron chi connectivity index (χ4n) is 3.78. The number of guanidine groups is 1. The summed E-state index contributed by atoms with van der Waals surface area (Å²) in [6, 6.07) is 6.71. The van der Waals surface area contributed by atoms with Crippen LogP contribution in [0.3, 0.4) is 0 Å². The summed E-state index contributed by atoms with van der Waals surface area (Å²) in [4.78, 5) is 4.33. The number of aromatic nitrogens is 3. The van der Waals surface area contributed by atoms with Crippen molar-refractivity contribution in [2.24, 2.45) is 4.99 Å². The molecule has 2 heterocycles. The molecule has 0 fully saturated rings. The summed E-state index contributed by atoms with van der Waals surface area (Å²) in [6.45, 7) is 7.02. The second-order valence-electron chi connectivity index (χ2n) is 7.42. The molecule has 0 atom stereocenters. The Balaban J connectivity index is 0.00000280. The van der Waals surface area contributed by atoms with Gasteiger partial charge in [0.05, 0.1) is 0 Å². The molecule has 2 N–H and O–H groups in total. The first kappa shape index (κ1) is 22.6. The lowest BCUT2D eigenvalue weighted by Crippen LogP contribution is -2.39. The number of nitrogens with zero attached hydrogens (tertiary/aromatic N) is 4. The van der Waals surface area contributed by atoms with Crippen LogP contribution in [0, 0.1) is 13.8 Å². The van der Waals surface area contributed by atoms with Crippen molar-refractivity contribution < 1.29 is 0 Å². The normalized spacial score (nSPS) is 14.0. The van der Waals surface area contributed by atoms with E-state index >= 15 is 0 Å². The summed E-state index contributed by atoms with van der Waals surface area (Å²) >= 11 is 0. The highest BCUT2D eigenvalue weighted by Gasteiger charge is 2.14. The Labute approximate surface area is 185 Å². The maximum Gasteiger partial charge on any atom is 0.191 e. The molecular weight excluding hydrogens is 463 g/mol. The van der Waals surface area contributed by atoms with Crippen molar-refractivity contribution in [3.63, 3.8) is 0 Å². The zero-order valence-electron chi connectivity index (χ0n) is 17.3. The maximum atomic E-state index is 4.39. The monoisotopic (exact) mass is 496 g/mol. The molecule has 0 saturated carbocycles. The highest BCUT2D eigenvalue weighted by molar-refractivity contribution is 14.0. The lowest BCUT2D eigenvalue weighted by molar-refractivity contribution is 0.600. The first-order chi connectivity index (χ1) is 13.2. The minimum atomic E-state index is 0. The first-order valence-corrected chi connectivity index (χ1v) is 10.1. The van der Waals surface area contributed by atoms with Crippen LogP contribution in [0.5, 0.6) is 0 Å². The Morgan fingerprint density at radius 1 is 1.00 bits per heavy atom. The smallest absolute Gasteiger partial charge is 0.191 e. The van der Waals surface area contributed by atoms with Gasteiger partial charge in [-0.15, -0.1) is 34.2 Å². The van der Waals surface area contributed by atoms with Crippen LogP contribution in [0.1, 0.15) is 47.6 Å². The highest BCUT2D eigenvalue weighted by atomic mass is 127. The van der Waals surface area contributed by atoms with E-state index in [0.29, 0.717) is 0 Å². The van der Waals surface area contributed by atoms with Gasteiger partial charge in [-0.25, -0.2) is 0 Å². The number of hydrogen-bond acceptors (Lipinski definition) is 3. The van der Waals surface area contributed by atoms with Crippen LogP contribution in [0.25, 0.3) is 0 Å². The molecule has 2 aromatic rings. The zero-order chi connectivity index (χ0) is 19.1. The van der Waals surface area contributed by atoms with Crippen molar-refractivity contribution in [2.75, 3.05) is 20.1 Å². The number of hydrogen-bond donors (Lipinski definition) is 2. The molecule has 0 spiro atoms. The van der Waals surface area contributed by atoms with Crippen LogP contribution in [-0.2, 0) is 25.8 Å². The number of aryl methyl sites for hydroxylation is 3.